The Hall–Kier alpha value is -1.85. The Morgan fingerprint density at radius 1 is 1.50 bits per heavy atom. The number of rotatable bonds is 8. The van der Waals surface area contributed by atoms with Crippen LogP contribution in [0.15, 0.2) is 16.9 Å². The summed E-state index contributed by atoms with van der Waals surface area (Å²) in [4.78, 5) is 22.0. The summed E-state index contributed by atoms with van der Waals surface area (Å²) in [6.07, 6.45) is 3.85. The predicted molar refractivity (Wildman–Crippen MR) is 64.1 cm³/mol. The molecule has 1 amide bonds. The second-order valence-corrected chi connectivity index (χ2v) is 4.14. The van der Waals surface area contributed by atoms with Crippen LogP contribution in [-0.2, 0) is 4.79 Å². The number of carbonyl (C=O) groups is 2. The van der Waals surface area contributed by atoms with E-state index in [0.717, 1.165) is 12.8 Å². The summed E-state index contributed by atoms with van der Waals surface area (Å²) in [7, 11) is 0. The van der Waals surface area contributed by atoms with Crippen LogP contribution in [0.4, 0.5) is 0 Å². The van der Waals surface area contributed by atoms with Crippen molar-refractivity contribution in [3.05, 3.63) is 18.0 Å². The maximum Gasteiger partial charge on any atom is 0.303 e. The van der Waals surface area contributed by atoms with Crippen molar-refractivity contribution >= 4 is 11.9 Å². The Balaban J connectivity index is 2.22. The molecule has 1 unspecified atom stereocenters. The average molecular weight is 254 g/mol. The maximum absolute atomic E-state index is 11.5. The van der Waals surface area contributed by atoms with Crippen molar-refractivity contribution in [3.8, 4) is 0 Å². The van der Waals surface area contributed by atoms with E-state index in [1.54, 1.807) is 0 Å². The molecule has 0 radical (unpaired) electrons. The highest BCUT2D eigenvalue weighted by Gasteiger charge is 2.11. The van der Waals surface area contributed by atoms with Crippen molar-refractivity contribution in [1.29, 1.82) is 0 Å². The largest absolute Gasteiger partial charge is 0.481 e. The molecule has 6 nitrogen and oxygen atoms in total. The Kier molecular flexibility index (Phi) is 5.90. The number of nitrogens with zero attached hydrogens (tertiary/aromatic N) is 1. The van der Waals surface area contributed by atoms with E-state index in [1.807, 2.05) is 6.92 Å². The summed E-state index contributed by atoms with van der Waals surface area (Å²) in [5, 5.41) is 14.9. The van der Waals surface area contributed by atoms with Gasteiger partial charge in [-0.15, -0.1) is 0 Å². The monoisotopic (exact) mass is 254 g/mol. The zero-order chi connectivity index (χ0) is 13.4. The SMILES string of the molecule is CCC(CCNC(=O)c1ccon1)CCC(=O)O. The molecule has 0 saturated carbocycles. The third-order valence-corrected chi connectivity index (χ3v) is 2.85. The fourth-order valence-corrected chi connectivity index (χ4v) is 1.69. The molecule has 0 aliphatic rings. The first kappa shape index (κ1) is 14.2. The first-order valence-corrected chi connectivity index (χ1v) is 6.03. The van der Waals surface area contributed by atoms with Crippen molar-refractivity contribution < 1.29 is 19.2 Å². The molecule has 0 aliphatic heterocycles. The third-order valence-electron chi connectivity index (χ3n) is 2.85. The first-order valence-electron chi connectivity index (χ1n) is 6.03. The smallest absolute Gasteiger partial charge is 0.303 e. The highest BCUT2D eigenvalue weighted by molar-refractivity contribution is 5.91. The molecule has 0 aliphatic carbocycles. The van der Waals surface area contributed by atoms with Crippen LogP contribution in [0.3, 0.4) is 0 Å². The Morgan fingerprint density at radius 2 is 2.28 bits per heavy atom. The van der Waals surface area contributed by atoms with Crippen LogP contribution in [0.25, 0.3) is 0 Å². The van der Waals surface area contributed by atoms with Crippen molar-refractivity contribution in [2.24, 2.45) is 5.92 Å². The van der Waals surface area contributed by atoms with Crippen molar-refractivity contribution in [3.63, 3.8) is 0 Å². The molecule has 2 N–H and O–H groups in total. The molecule has 1 rings (SSSR count). The Labute approximate surface area is 105 Å². The number of amides is 1. The fourth-order valence-electron chi connectivity index (χ4n) is 1.69. The summed E-state index contributed by atoms with van der Waals surface area (Å²) < 4.78 is 4.57. The lowest BCUT2D eigenvalue weighted by Crippen LogP contribution is -2.26. The normalized spacial score (nSPS) is 12.1. The third kappa shape index (κ3) is 4.99. The van der Waals surface area contributed by atoms with Crippen molar-refractivity contribution in [2.45, 2.75) is 32.6 Å². The molecule has 1 aromatic rings. The van der Waals surface area contributed by atoms with Gasteiger partial charge < -0.3 is 14.9 Å². The van der Waals surface area contributed by atoms with Gasteiger partial charge in [-0.2, -0.15) is 0 Å². The van der Waals surface area contributed by atoms with Crippen LogP contribution < -0.4 is 5.32 Å². The maximum atomic E-state index is 11.5. The van der Waals surface area contributed by atoms with E-state index in [-0.39, 0.29) is 18.0 Å². The van der Waals surface area contributed by atoms with Crippen molar-refractivity contribution in [1.82, 2.24) is 10.5 Å². The number of carbonyl (C=O) groups excluding carboxylic acids is 1. The number of aromatic nitrogens is 1. The molecule has 18 heavy (non-hydrogen) atoms. The molecule has 1 heterocycles. The first-order chi connectivity index (χ1) is 8.63. The van der Waals surface area contributed by atoms with E-state index in [9.17, 15) is 9.59 Å². The van der Waals surface area contributed by atoms with E-state index in [1.165, 1.54) is 12.3 Å². The lowest BCUT2D eigenvalue weighted by molar-refractivity contribution is -0.137. The topological polar surface area (TPSA) is 92.4 Å². The molecule has 0 spiro atoms. The second-order valence-electron chi connectivity index (χ2n) is 4.14. The van der Waals surface area contributed by atoms with Gasteiger partial charge in [-0.3, -0.25) is 9.59 Å². The van der Waals surface area contributed by atoms with Gasteiger partial charge in [0.05, 0.1) is 0 Å². The van der Waals surface area contributed by atoms with Crippen LogP contribution >= 0.6 is 0 Å². The van der Waals surface area contributed by atoms with Gasteiger partial charge in [-0.1, -0.05) is 18.5 Å². The van der Waals surface area contributed by atoms with Crippen LogP contribution in [0, 0.1) is 5.92 Å². The number of aliphatic carboxylic acids is 1. The summed E-state index contributed by atoms with van der Waals surface area (Å²) in [5.74, 6) is -0.726. The van der Waals surface area contributed by atoms with E-state index in [2.05, 4.69) is 15.0 Å². The van der Waals surface area contributed by atoms with Crippen molar-refractivity contribution in [2.75, 3.05) is 6.54 Å². The molecule has 6 heteroatoms. The predicted octanol–water partition coefficient (Wildman–Crippen LogP) is 1.69. The molecule has 0 saturated heterocycles. The minimum atomic E-state index is -0.778. The highest BCUT2D eigenvalue weighted by Crippen LogP contribution is 2.14. The molecule has 0 fully saturated rings. The van der Waals surface area contributed by atoms with Crippen LogP contribution in [0.1, 0.15) is 43.1 Å². The van der Waals surface area contributed by atoms with Crippen LogP contribution in [-0.4, -0.2) is 28.7 Å². The van der Waals surface area contributed by atoms with Gasteiger partial charge in [0.25, 0.3) is 5.91 Å². The van der Waals surface area contributed by atoms with Gasteiger partial charge in [-0.25, -0.2) is 0 Å². The number of hydrogen-bond acceptors (Lipinski definition) is 4. The minimum Gasteiger partial charge on any atom is -0.481 e. The molecular formula is C12H18N2O4. The number of carboxylic acids is 1. The van der Waals surface area contributed by atoms with Gasteiger partial charge in [-0.05, 0) is 18.8 Å². The Morgan fingerprint density at radius 3 is 2.83 bits per heavy atom. The summed E-state index contributed by atoms with van der Waals surface area (Å²) in [6.45, 7) is 2.54. The lowest BCUT2D eigenvalue weighted by atomic mass is 9.96. The number of nitrogens with one attached hydrogen (secondary N) is 1. The summed E-state index contributed by atoms with van der Waals surface area (Å²) in [5.41, 5.74) is 0.258. The highest BCUT2D eigenvalue weighted by atomic mass is 16.5. The van der Waals surface area contributed by atoms with E-state index >= 15 is 0 Å². The second kappa shape index (κ2) is 7.47. The summed E-state index contributed by atoms with van der Waals surface area (Å²) in [6, 6.07) is 1.50. The Bertz CT molecular complexity index is 375. The summed E-state index contributed by atoms with van der Waals surface area (Å²) >= 11 is 0. The zero-order valence-corrected chi connectivity index (χ0v) is 10.4. The molecule has 0 aromatic carbocycles. The zero-order valence-electron chi connectivity index (χ0n) is 10.4. The fraction of sp³-hybridized carbons (Fsp3) is 0.583. The lowest BCUT2D eigenvalue weighted by Gasteiger charge is -2.13. The van der Waals surface area contributed by atoms with Crippen LogP contribution in [0.2, 0.25) is 0 Å². The standard InChI is InChI=1S/C12H18N2O4/c1-2-9(3-4-11(15)16)5-7-13-12(17)10-6-8-18-14-10/h6,8-9H,2-5,7H2,1H3,(H,13,17)(H,15,16). The van der Waals surface area contributed by atoms with Gasteiger partial charge in [0.2, 0.25) is 0 Å². The minimum absolute atomic E-state index is 0.176. The number of carboxylic acid groups (broad SMARTS) is 1. The van der Waals surface area contributed by atoms with Gasteiger partial charge in [0.1, 0.15) is 6.26 Å². The molecule has 1 aromatic heterocycles. The quantitative estimate of drug-likeness (QED) is 0.736. The van der Waals surface area contributed by atoms with Gasteiger partial charge in [0.15, 0.2) is 5.69 Å². The van der Waals surface area contributed by atoms with E-state index in [4.69, 9.17) is 5.11 Å². The van der Waals surface area contributed by atoms with E-state index in [0.29, 0.717) is 18.9 Å². The molecule has 1 atom stereocenters. The molecular weight excluding hydrogens is 236 g/mol. The van der Waals surface area contributed by atoms with Crippen LogP contribution in [0.5, 0.6) is 0 Å². The van der Waals surface area contributed by atoms with Gasteiger partial charge in [0, 0.05) is 19.0 Å². The van der Waals surface area contributed by atoms with E-state index < -0.39 is 5.97 Å². The molecule has 0 bridgehead atoms. The molecule has 100 valence electrons. The van der Waals surface area contributed by atoms with Gasteiger partial charge >= 0.3 is 5.97 Å². The average Bonchev–Trinajstić information content (AvgIpc) is 2.86. The number of hydrogen-bond donors (Lipinski definition) is 2.